The van der Waals surface area contributed by atoms with Gasteiger partial charge < -0.3 is 9.47 Å². The van der Waals surface area contributed by atoms with Gasteiger partial charge in [-0.1, -0.05) is 12.1 Å². The number of methoxy groups -OCH3 is 1. The summed E-state index contributed by atoms with van der Waals surface area (Å²) in [5.41, 5.74) is 1.95. The van der Waals surface area contributed by atoms with E-state index < -0.39 is 0 Å². The number of carbonyl (C=O) groups is 2. The average Bonchev–Trinajstić information content (AvgIpc) is 2.45. The van der Waals surface area contributed by atoms with Crippen LogP contribution < -0.4 is 0 Å². The van der Waals surface area contributed by atoms with Gasteiger partial charge in [-0.05, 0) is 30.5 Å². The number of nitrogens with zero attached hydrogens (tertiary/aromatic N) is 1. The summed E-state index contributed by atoms with van der Waals surface area (Å²) in [6.45, 7) is 2.04. The maximum atomic E-state index is 11.5. The minimum absolute atomic E-state index is 0.0583. The maximum Gasteiger partial charge on any atom is 0.310 e. The van der Waals surface area contributed by atoms with Crippen LogP contribution in [0.4, 0.5) is 0 Å². The lowest BCUT2D eigenvalue weighted by molar-refractivity contribution is -0.142. The fourth-order valence-electron chi connectivity index (χ4n) is 1.77. The first-order valence-corrected chi connectivity index (χ1v) is 6.35. The summed E-state index contributed by atoms with van der Waals surface area (Å²) in [6.07, 6.45) is 0.832. The van der Waals surface area contributed by atoms with E-state index >= 15 is 0 Å². The standard InChI is InChI=1S/C15H17NO4/c1-3-20-15(18)9-13-8-11(4-6-12(13)10-16)5-7-14(17)19-2/h4,6,8H,3,5,7,9H2,1-2H3. The lowest BCUT2D eigenvalue weighted by Gasteiger charge is -2.07. The molecular formula is C15H17NO4. The second-order valence-corrected chi connectivity index (χ2v) is 4.16. The molecule has 0 aromatic heterocycles. The zero-order valence-electron chi connectivity index (χ0n) is 11.6. The van der Waals surface area contributed by atoms with Gasteiger partial charge in [0.15, 0.2) is 0 Å². The summed E-state index contributed by atoms with van der Waals surface area (Å²) < 4.78 is 9.46. The van der Waals surface area contributed by atoms with Crippen LogP contribution in [0.25, 0.3) is 0 Å². The molecule has 0 heterocycles. The van der Waals surface area contributed by atoms with Crippen LogP contribution in [0.2, 0.25) is 0 Å². The summed E-state index contributed by atoms with van der Waals surface area (Å²) in [7, 11) is 1.34. The van der Waals surface area contributed by atoms with Gasteiger partial charge in [0.05, 0.1) is 31.8 Å². The predicted octanol–water partition coefficient (Wildman–Crippen LogP) is 1.77. The Morgan fingerprint density at radius 1 is 1.30 bits per heavy atom. The van der Waals surface area contributed by atoms with Gasteiger partial charge in [0.2, 0.25) is 0 Å². The Balaban J connectivity index is 2.83. The molecule has 5 heteroatoms. The number of hydrogen-bond acceptors (Lipinski definition) is 5. The number of benzene rings is 1. The molecule has 5 nitrogen and oxygen atoms in total. The van der Waals surface area contributed by atoms with Gasteiger partial charge in [-0.15, -0.1) is 0 Å². The second-order valence-electron chi connectivity index (χ2n) is 4.16. The molecule has 0 atom stereocenters. The van der Waals surface area contributed by atoms with Crippen molar-refractivity contribution in [3.05, 3.63) is 34.9 Å². The van der Waals surface area contributed by atoms with E-state index in [2.05, 4.69) is 4.74 Å². The minimum atomic E-state index is -0.367. The van der Waals surface area contributed by atoms with Crippen molar-refractivity contribution in [3.8, 4) is 6.07 Å². The van der Waals surface area contributed by atoms with Crippen LogP contribution in [-0.4, -0.2) is 25.7 Å². The van der Waals surface area contributed by atoms with Crippen molar-refractivity contribution in [1.29, 1.82) is 5.26 Å². The Hall–Kier alpha value is -2.35. The van der Waals surface area contributed by atoms with Crippen LogP contribution in [0.3, 0.4) is 0 Å². The first-order chi connectivity index (χ1) is 9.60. The van der Waals surface area contributed by atoms with Gasteiger partial charge in [0, 0.05) is 6.42 Å². The summed E-state index contributed by atoms with van der Waals surface area (Å²) in [6, 6.07) is 7.24. The van der Waals surface area contributed by atoms with Crippen LogP contribution in [0, 0.1) is 11.3 Å². The van der Waals surface area contributed by atoms with Crippen LogP contribution in [-0.2, 0) is 31.9 Å². The lowest BCUT2D eigenvalue weighted by atomic mass is 10.00. The van der Waals surface area contributed by atoms with Gasteiger partial charge in [-0.2, -0.15) is 5.26 Å². The Morgan fingerprint density at radius 3 is 2.65 bits per heavy atom. The van der Waals surface area contributed by atoms with E-state index in [9.17, 15) is 9.59 Å². The monoisotopic (exact) mass is 275 g/mol. The molecule has 0 saturated carbocycles. The topological polar surface area (TPSA) is 76.4 Å². The Morgan fingerprint density at radius 2 is 2.05 bits per heavy atom. The number of carbonyl (C=O) groups excluding carboxylic acids is 2. The summed E-state index contributed by atoms with van der Waals surface area (Å²) in [5.74, 6) is -0.657. The molecule has 0 bridgehead atoms. The van der Waals surface area contributed by atoms with Crippen molar-refractivity contribution in [2.75, 3.05) is 13.7 Å². The minimum Gasteiger partial charge on any atom is -0.469 e. The van der Waals surface area contributed by atoms with Crippen LogP contribution in [0.15, 0.2) is 18.2 Å². The molecule has 0 fully saturated rings. The third-order valence-corrected chi connectivity index (χ3v) is 2.78. The number of esters is 2. The molecule has 0 aliphatic heterocycles. The van der Waals surface area contributed by atoms with Gasteiger partial charge in [-0.3, -0.25) is 9.59 Å². The molecule has 0 spiro atoms. The van der Waals surface area contributed by atoms with Crippen molar-refractivity contribution < 1.29 is 19.1 Å². The Kier molecular flexibility index (Phi) is 6.24. The largest absolute Gasteiger partial charge is 0.469 e. The smallest absolute Gasteiger partial charge is 0.310 e. The molecule has 20 heavy (non-hydrogen) atoms. The molecule has 0 saturated heterocycles. The molecule has 1 aromatic rings. The molecule has 0 aliphatic carbocycles. The van der Waals surface area contributed by atoms with Crippen molar-refractivity contribution in [2.45, 2.75) is 26.2 Å². The molecule has 0 unspecified atom stereocenters. The molecule has 0 radical (unpaired) electrons. The first kappa shape index (κ1) is 15.7. The van der Waals surface area contributed by atoms with E-state index in [1.807, 2.05) is 6.07 Å². The van der Waals surface area contributed by atoms with Gasteiger partial charge in [0.25, 0.3) is 0 Å². The fourth-order valence-corrected chi connectivity index (χ4v) is 1.77. The number of rotatable bonds is 6. The predicted molar refractivity (Wildman–Crippen MR) is 71.8 cm³/mol. The summed E-state index contributed by atoms with van der Waals surface area (Å²) in [5, 5.41) is 9.03. The summed E-state index contributed by atoms with van der Waals surface area (Å²) in [4.78, 5) is 22.6. The molecular weight excluding hydrogens is 258 g/mol. The maximum absolute atomic E-state index is 11.5. The zero-order chi connectivity index (χ0) is 15.0. The number of ether oxygens (including phenoxy) is 2. The van der Waals surface area contributed by atoms with E-state index in [1.54, 1.807) is 25.1 Å². The normalized spacial score (nSPS) is 9.65. The van der Waals surface area contributed by atoms with E-state index in [4.69, 9.17) is 10.00 Å². The highest BCUT2D eigenvalue weighted by atomic mass is 16.5. The highest BCUT2D eigenvalue weighted by molar-refractivity contribution is 5.74. The molecule has 1 rings (SSSR count). The van der Waals surface area contributed by atoms with Crippen LogP contribution in [0.5, 0.6) is 0 Å². The molecule has 0 aliphatic rings. The van der Waals surface area contributed by atoms with Gasteiger partial charge >= 0.3 is 11.9 Å². The molecule has 0 N–H and O–H groups in total. The first-order valence-electron chi connectivity index (χ1n) is 6.35. The van der Waals surface area contributed by atoms with E-state index in [-0.39, 0.29) is 24.8 Å². The molecule has 1 aromatic carbocycles. The van der Waals surface area contributed by atoms with Crippen LogP contribution in [0.1, 0.15) is 30.0 Å². The zero-order valence-corrected chi connectivity index (χ0v) is 11.6. The quantitative estimate of drug-likeness (QED) is 0.739. The van der Waals surface area contributed by atoms with Crippen LogP contribution >= 0.6 is 0 Å². The highest BCUT2D eigenvalue weighted by Gasteiger charge is 2.10. The number of nitriles is 1. The Bertz CT molecular complexity index is 531. The van der Waals surface area contributed by atoms with E-state index in [0.717, 1.165) is 5.56 Å². The van der Waals surface area contributed by atoms with Crippen molar-refractivity contribution >= 4 is 11.9 Å². The van der Waals surface area contributed by atoms with Gasteiger partial charge in [-0.25, -0.2) is 0 Å². The van der Waals surface area contributed by atoms with Gasteiger partial charge in [0.1, 0.15) is 0 Å². The SMILES string of the molecule is CCOC(=O)Cc1cc(CCC(=O)OC)ccc1C#N. The molecule has 106 valence electrons. The molecule has 0 amide bonds. The third-order valence-electron chi connectivity index (χ3n) is 2.78. The van der Waals surface area contributed by atoms with Crippen molar-refractivity contribution in [2.24, 2.45) is 0 Å². The fraction of sp³-hybridized carbons (Fsp3) is 0.400. The van der Waals surface area contributed by atoms with E-state index in [1.165, 1.54) is 7.11 Å². The average molecular weight is 275 g/mol. The lowest BCUT2D eigenvalue weighted by Crippen LogP contribution is -2.09. The highest BCUT2D eigenvalue weighted by Crippen LogP contribution is 2.14. The van der Waals surface area contributed by atoms with E-state index in [0.29, 0.717) is 24.2 Å². The second kappa shape index (κ2) is 7.95. The van der Waals surface area contributed by atoms with Crippen molar-refractivity contribution in [3.63, 3.8) is 0 Å². The summed E-state index contributed by atoms with van der Waals surface area (Å²) >= 11 is 0. The third kappa shape index (κ3) is 4.73. The number of hydrogen-bond donors (Lipinski definition) is 0. The Labute approximate surface area is 118 Å². The van der Waals surface area contributed by atoms with Crippen molar-refractivity contribution in [1.82, 2.24) is 0 Å². The number of aryl methyl sites for hydroxylation is 1.